The smallest absolute Gasteiger partial charge is 0.357 e. The van der Waals surface area contributed by atoms with E-state index < -0.39 is 5.97 Å². The predicted molar refractivity (Wildman–Crippen MR) is 49.0 cm³/mol. The standard InChI is InChI=1S/C8H11ClN2O2/c1-4-11-7(8(12)13-3)6(9)5(2)10-11/h4H2,1-3H3. The second kappa shape index (κ2) is 3.79. The number of ether oxygens (including phenoxy) is 1. The summed E-state index contributed by atoms with van der Waals surface area (Å²) in [5, 5.41) is 4.45. The molecule has 0 aliphatic carbocycles. The lowest BCUT2D eigenvalue weighted by Gasteiger charge is -2.01. The molecule has 0 amide bonds. The molecule has 4 nitrogen and oxygen atoms in total. The van der Waals surface area contributed by atoms with E-state index in [1.807, 2.05) is 6.92 Å². The molecule has 0 unspecified atom stereocenters. The zero-order valence-corrected chi connectivity index (χ0v) is 8.55. The molecule has 13 heavy (non-hydrogen) atoms. The fraction of sp³-hybridized carbons (Fsp3) is 0.500. The van der Waals surface area contributed by atoms with Gasteiger partial charge in [0.1, 0.15) is 0 Å². The third-order valence-corrected chi connectivity index (χ3v) is 2.19. The Bertz CT molecular complexity index is 333. The Morgan fingerprint density at radius 2 is 2.31 bits per heavy atom. The minimum Gasteiger partial charge on any atom is -0.464 e. The Labute approximate surface area is 81.4 Å². The van der Waals surface area contributed by atoms with Gasteiger partial charge in [0.25, 0.3) is 0 Å². The highest BCUT2D eigenvalue weighted by Crippen LogP contribution is 2.20. The van der Waals surface area contributed by atoms with Gasteiger partial charge in [0.2, 0.25) is 0 Å². The third-order valence-electron chi connectivity index (χ3n) is 1.73. The van der Waals surface area contributed by atoms with Crippen LogP contribution in [-0.2, 0) is 11.3 Å². The summed E-state index contributed by atoms with van der Waals surface area (Å²) < 4.78 is 6.12. The molecule has 72 valence electrons. The second-order valence-electron chi connectivity index (χ2n) is 2.56. The molecule has 0 saturated carbocycles. The summed E-state index contributed by atoms with van der Waals surface area (Å²) in [4.78, 5) is 11.3. The van der Waals surface area contributed by atoms with E-state index >= 15 is 0 Å². The molecule has 1 aromatic heterocycles. The van der Waals surface area contributed by atoms with E-state index in [-0.39, 0.29) is 0 Å². The number of esters is 1. The van der Waals surface area contributed by atoms with Gasteiger partial charge in [0.05, 0.1) is 17.8 Å². The van der Waals surface area contributed by atoms with Crippen LogP contribution in [0, 0.1) is 6.92 Å². The molecule has 1 rings (SSSR count). The summed E-state index contributed by atoms with van der Waals surface area (Å²) >= 11 is 5.88. The molecule has 0 radical (unpaired) electrons. The first-order chi connectivity index (χ1) is 6.11. The average Bonchev–Trinajstić information content (AvgIpc) is 2.42. The van der Waals surface area contributed by atoms with Crippen molar-refractivity contribution < 1.29 is 9.53 Å². The first-order valence-corrected chi connectivity index (χ1v) is 4.30. The topological polar surface area (TPSA) is 44.1 Å². The Morgan fingerprint density at radius 1 is 1.69 bits per heavy atom. The molecule has 0 bridgehead atoms. The average molecular weight is 203 g/mol. The molecular weight excluding hydrogens is 192 g/mol. The van der Waals surface area contributed by atoms with E-state index in [9.17, 15) is 4.79 Å². The highest BCUT2D eigenvalue weighted by molar-refractivity contribution is 6.33. The van der Waals surface area contributed by atoms with Crippen molar-refractivity contribution in [3.63, 3.8) is 0 Å². The monoisotopic (exact) mass is 202 g/mol. The fourth-order valence-electron chi connectivity index (χ4n) is 1.08. The van der Waals surface area contributed by atoms with Crippen LogP contribution in [0.2, 0.25) is 5.02 Å². The molecule has 0 aliphatic heterocycles. The van der Waals surface area contributed by atoms with Crippen LogP contribution in [0.3, 0.4) is 0 Å². The minimum atomic E-state index is -0.451. The van der Waals surface area contributed by atoms with E-state index in [1.54, 1.807) is 6.92 Å². The van der Waals surface area contributed by atoms with E-state index in [0.29, 0.717) is 23.0 Å². The molecule has 1 heterocycles. The highest BCUT2D eigenvalue weighted by atomic mass is 35.5. The largest absolute Gasteiger partial charge is 0.464 e. The number of aromatic nitrogens is 2. The first-order valence-electron chi connectivity index (χ1n) is 3.93. The van der Waals surface area contributed by atoms with Gasteiger partial charge in [0.15, 0.2) is 5.69 Å². The van der Waals surface area contributed by atoms with Crippen molar-refractivity contribution in [2.75, 3.05) is 7.11 Å². The van der Waals surface area contributed by atoms with Crippen molar-refractivity contribution in [3.8, 4) is 0 Å². The van der Waals surface area contributed by atoms with Crippen LogP contribution in [0.4, 0.5) is 0 Å². The van der Waals surface area contributed by atoms with E-state index in [0.717, 1.165) is 0 Å². The molecule has 1 aromatic rings. The number of hydrogen-bond donors (Lipinski definition) is 0. The van der Waals surface area contributed by atoms with Gasteiger partial charge in [-0.15, -0.1) is 0 Å². The molecule has 5 heteroatoms. The summed E-state index contributed by atoms with van der Waals surface area (Å²) in [5.74, 6) is -0.451. The number of rotatable bonds is 2. The summed E-state index contributed by atoms with van der Waals surface area (Å²) in [6.45, 7) is 4.23. The van der Waals surface area contributed by atoms with Crippen molar-refractivity contribution >= 4 is 17.6 Å². The fourth-order valence-corrected chi connectivity index (χ4v) is 1.29. The SMILES string of the molecule is CCn1nc(C)c(Cl)c1C(=O)OC. The van der Waals surface area contributed by atoms with Crippen LogP contribution in [-0.4, -0.2) is 22.9 Å². The van der Waals surface area contributed by atoms with E-state index in [4.69, 9.17) is 11.6 Å². The summed E-state index contributed by atoms with van der Waals surface area (Å²) in [6, 6.07) is 0. The number of carbonyl (C=O) groups is 1. The lowest BCUT2D eigenvalue weighted by atomic mass is 10.3. The first kappa shape index (κ1) is 10.1. The second-order valence-corrected chi connectivity index (χ2v) is 2.93. The molecule has 0 fully saturated rings. The van der Waals surface area contributed by atoms with Gasteiger partial charge in [-0.3, -0.25) is 4.68 Å². The van der Waals surface area contributed by atoms with Gasteiger partial charge in [-0.1, -0.05) is 11.6 Å². The molecule has 0 aromatic carbocycles. The van der Waals surface area contributed by atoms with Crippen molar-refractivity contribution in [3.05, 3.63) is 16.4 Å². The zero-order valence-electron chi connectivity index (χ0n) is 7.80. The van der Waals surface area contributed by atoms with Crippen LogP contribution in [0.1, 0.15) is 23.1 Å². The number of nitrogens with zero attached hydrogens (tertiary/aromatic N) is 2. The Morgan fingerprint density at radius 3 is 2.77 bits per heavy atom. The number of aryl methyl sites for hydroxylation is 2. The van der Waals surface area contributed by atoms with Gasteiger partial charge in [-0.2, -0.15) is 5.10 Å². The van der Waals surface area contributed by atoms with E-state index in [1.165, 1.54) is 11.8 Å². The van der Waals surface area contributed by atoms with Gasteiger partial charge < -0.3 is 4.74 Å². The predicted octanol–water partition coefficient (Wildman–Crippen LogP) is 1.65. The van der Waals surface area contributed by atoms with E-state index in [2.05, 4.69) is 9.84 Å². The number of hydrogen-bond acceptors (Lipinski definition) is 3. The Balaban J connectivity index is 3.23. The lowest BCUT2D eigenvalue weighted by Crippen LogP contribution is -2.11. The molecule has 0 saturated heterocycles. The van der Waals surface area contributed by atoms with Gasteiger partial charge in [-0.25, -0.2) is 4.79 Å². The summed E-state index contributed by atoms with van der Waals surface area (Å²) in [7, 11) is 1.32. The quantitative estimate of drug-likeness (QED) is 0.685. The molecule has 0 N–H and O–H groups in total. The summed E-state index contributed by atoms with van der Waals surface area (Å²) in [5.41, 5.74) is 0.966. The van der Waals surface area contributed by atoms with Crippen LogP contribution in [0.25, 0.3) is 0 Å². The molecule has 0 atom stereocenters. The van der Waals surface area contributed by atoms with Crippen LogP contribution >= 0.6 is 11.6 Å². The Kier molecular flexibility index (Phi) is 2.93. The molecular formula is C8H11ClN2O2. The van der Waals surface area contributed by atoms with Gasteiger partial charge in [-0.05, 0) is 13.8 Å². The lowest BCUT2D eigenvalue weighted by molar-refractivity contribution is 0.0587. The maximum Gasteiger partial charge on any atom is 0.357 e. The number of halogens is 1. The van der Waals surface area contributed by atoms with Gasteiger partial charge >= 0.3 is 5.97 Å². The highest BCUT2D eigenvalue weighted by Gasteiger charge is 2.19. The van der Waals surface area contributed by atoms with Crippen molar-refractivity contribution in [2.45, 2.75) is 20.4 Å². The van der Waals surface area contributed by atoms with Gasteiger partial charge in [0, 0.05) is 6.54 Å². The van der Waals surface area contributed by atoms with Crippen molar-refractivity contribution in [1.29, 1.82) is 0 Å². The van der Waals surface area contributed by atoms with Crippen LogP contribution in [0.15, 0.2) is 0 Å². The molecule has 0 spiro atoms. The Hall–Kier alpha value is -1.03. The minimum absolute atomic E-state index is 0.323. The number of methoxy groups -OCH3 is 1. The third kappa shape index (κ3) is 1.67. The maximum atomic E-state index is 11.3. The number of carbonyl (C=O) groups excluding carboxylic acids is 1. The maximum absolute atomic E-state index is 11.3. The normalized spacial score (nSPS) is 10.2. The van der Waals surface area contributed by atoms with Crippen LogP contribution < -0.4 is 0 Å². The summed E-state index contributed by atoms with van der Waals surface area (Å²) in [6.07, 6.45) is 0. The van der Waals surface area contributed by atoms with Crippen molar-refractivity contribution in [1.82, 2.24) is 9.78 Å². The van der Waals surface area contributed by atoms with Crippen molar-refractivity contribution in [2.24, 2.45) is 0 Å². The molecule has 0 aliphatic rings. The van der Waals surface area contributed by atoms with Crippen LogP contribution in [0.5, 0.6) is 0 Å². The zero-order chi connectivity index (χ0) is 10.0.